The highest BCUT2D eigenvalue weighted by molar-refractivity contribution is 6.10. The molecule has 0 aromatic heterocycles. The van der Waals surface area contributed by atoms with E-state index < -0.39 is 204 Å². The molecule has 4 heterocycles. The van der Waals surface area contributed by atoms with Crippen LogP contribution in [0.3, 0.4) is 0 Å². The van der Waals surface area contributed by atoms with E-state index in [1.54, 1.807) is 0 Å². The molecule has 5 aliphatic rings. The van der Waals surface area contributed by atoms with Crippen LogP contribution in [0.1, 0.15) is 52.9 Å². The summed E-state index contributed by atoms with van der Waals surface area (Å²) in [4.78, 5) is 84.2. The Hall–Kier alpha value is -8.92. The first kappa shape index (κ1) is 44.3. The summed E-state index contributed by atoms with van der Waals surface area (Å²) in [6.07, 6.45) is -11.9. The number of benzene rings is 4. The maximum Gasteiger partial charge on any atom is 0.340 e. The highest BCUT2D eigenvalue weighted by Gasteiger charge is 2.70. The summed E-state index contributed by atoms with van der Waals surface area (Å²) < 4.78 is 38.8. The Kier molecular flexibility index (Phi) is 9.64. The first-order chi connectivity index (χ1) is 31.9. The molecule has 7 atom stereocenters. The fourth-order valence-electron chi connectivity index (χ4n) is 8.25. The second-order valence-corrected chi connectivity index (χ2v) is 15.5. The number of aliphatic hydroxyl groups is 3. The van der Waals surface area contributed by atoms with Crippen molar-refractivity contribution in [3.05, 3.63) is 69.8 Å². The van der Waals surface area contributed by atoms with Crippen LogP contribution in [-0.4, -0.2) is 156 Å². The molecule has 2 bridgehead atoms. The molecule has 68 heavy (non-hydrogen) atoms. The van der Waals surface area contributed by atoms with Gasteiger partial charge in [0.2, 0.25) is 35.4 Å². The monoisotopic (exact) mass is 952 g/mol. The summed E-state index contributed by atoms with van der Waals surface area (Å²) >= 11 is 0. The van der Waals surface area contributed by atoms with Crippen LogP contribution < -0.4 is 4.74 Å². The van der Waals surface area contributed by atoms with Crippen LogP contribution in [0, 0.1) is 0 Å². The van der Waals surface area contributed by atoms with Gasteiger partial charge in [0.25, 0.3) is 5.79 Å². The van der Waals surface area contributed by atoms with Gasteiger partial charge < -0.3 is 105 Å². The van der Waals surface area contributed by atoms with Crippen LogP contribution in [-0.2, 0) is 38.0 Å². The number of esters is 5. The van der Waals surface area contributed by atoms with Gasteiger partial charge in [-0.3, -0.25) is 4.79 Å². The smallest absolute Gasteiger partial charge is 0.340 e. The van der Waals surface area contributed by atoms with Crippen LogP contribution in [0.2, 0.25) is 0 Å². The van der Waals surface area contributed by atoms with E-state index >= 15 is 0 Å². The molecular weight excluding hydrogens is 924 g/mol. The van der Waals surface area contributed by atoms with Crippen molar-refractivity contribution in [2.75, 3.05) is 6.61 Å². The third kappa shape index (κ3) is 6.21. The Morgan fingerprint density at radius 1 is 0.574 bits per heavy atom. The van der Waals surface area contributed by atoms with E-state index in [-0.39, 0.29) is 0 Å². The summed E-state index contributed by atoms with van der Waals surface area (Å²) in [6.45, 7) is -1.29. The van der Waals surface area contributed by atoms with E-state index in [0.717, 1.165) is 0 Å². The minimum Gasteiger partial charge on any atom is -0.504 e. The molecular formula is C41H28O27. The minimum absolute atomic E-state index is 0.329. The molecule has 14 N–H and O–H groups in total. The lowest BCUT2D eigenvalue weighted by Crippen LogP contribution is -2.70. The van der Waals surface area contributed by atoms with Crippen molar-refractivity contribution >= 4 is 35.6 Å². The number of ketones is 1. The molecule has 4 aliphatic heterocycles. The molecule has 1 aliphatic carbocycles. The number of hydrogen-bond donors (Lipinski definition) is 14. The van der Waals surface area contributed by atoms with Crippen molar-refractivity contribution < 1.29 is 133 Å². The van der Waals surface area contributed by atoms with Crippen molar-refractivity contribution in [3.8, 4) is 80.1 Å². The number of hydrogen-bond acceptors (Lipinski definition) is 27. The van der Waals surface area contributed by atoms with Gasteiger partial charge in [0.05, 0.1) is 33.7 Å². The van der Waals surface area contributed by atoms with Gasteiger partial charge >= 0.3 is 35.6 Å². The highest BCUT2D eigenvalue weighted by Crippen LogP contribution is 2.58. The van der Waals surface area contributed by atoms with Crippen LogP contribution in [0.15, 0.2) is 42.0 Å². The standard InChI is InChI=1S/C41H28O27/c42-13-1-8(2-14(43)24(13)48)34(54)67-39-33-32(65-36(56)9-3-15(44)25(49)28(52)20(9)21-10(37(57)66-33)4-16(45)26(50)29(21)53)30-18(63-39)7-62-35(55)12-6-19(47)41(61)40(59,60)23(12)22-11(38(58)64-30)5-17(46)27(51)31(22)68-41/h1-6,18,23,30,32-33,39,42-46,48-53,59-61H,7H2/t18-,23?,30-,32+,33-,39+,41-/m1/s1. The maximum atomic E-state index is 14.5. The number of fused-ring (bicyclic) bond motifs is 7. The highest BCUT2D eigenvalue weighted by atomic mass is 16.8. The SMILES string of the molecule is O=C1OC[C@H]2O[C@@H](OC(=O)c3cc(O)c(O)c(O)c3)[C@@H]3OC(=O)c4cc(O)c(O)c(O)c4-c4c(cc(O)c(O)c4O)C(=O)O[C@H]3[C@@H]2OC(=O)c2cc(O)c(O)c3c2C2C1=CC(=O)[C@@](O)(O3)C2(O)O. The Labute approximate surface area is 373 Å². The van der Waals surface area contributed by atoms with Gasteiger partial charge in [-0.25, -0.2) is 24.0 Å². The molecule has 4 aromatic rings. The summed E-state index contributed by atoms with van der Waals surface area (Å²) in [5, 5.41) is 150. The Bertz CT molecular complexity index is 3020. The largest absolute Gasteiger partial charge is 0.504 e. The zero-order valence-corrected chi connectivity index (χ0v) is 33.2. The molecule has 27 nitrogen and oxygen atoms in total. The van der Waals surface area contributed by atoms with E-state index in [1.807, 2.05) is 0 Å². The van der Waals surface area contributed by atoms with Crippen molar-refractivity contribution in [3.63, 3.8) is 0 Å². The summed E-state index contributed by atoms with van der Waals surface area (Å²) in [5.74, 6) is -35.8. The second-order valence-electron chi connectivity index (χ2n) is 15.5. The van der Waals surface area contributed by atoms with Gasteiger partial charge in [-0.15, -0.1) is 0 Å². The fraction of sp³-hybridized carbons (Fsp3) is 0.220. The third-order valence-electron chi connectivity index (χ3n) is 11.5. The van der Waals surface area contributed by atoms with E-state index in [1.165, 1.54) is 0 Å². The van der Waals surface area contributed by atoms with Crippen molar-refractivity contribution in [1.29, 1.82) is 0 Å². The maximum absolute atomic E-state index is 14.5. The number of cyclic esters (lactones) is 1. The molecule has 9 rings (SSSR count). The number of rotatable bonds is 2. The van der Waals surface area contributed by atoms with Crippen LogP contribution in [0.5, 0.6) is 69.0 Å². The fourth-order valence-corrected chi connectivity index (χ4v) is 8.25. The number of phenols is 11. The quantitative estimate of drug-likeness (QED) is 0.0491. The van der Waals surface area contributed by atoms with Gasteiger partial charge in [0.1, 0.15) is 12.7 Å². The van der Waals surface area contributed by atoms with Crippen molar-refractivity contribution in [2.24, 2.45) is 0 Å². The Morgan fingerprint density at radius 2 is 1.06 bits per heavy atom. The van der Waals surface area contributed by atoms with E-state index in [2.05, 4.69) is 0 Å². The zero-order chi connectivity index (χ0) is 49.4. The zero-order valence-electron chi connectivity index (χ0n) is 33.2. The predicted octanol–water partition coefficient (Wildman–Crippen LogP) is -1.10. The van der Waals surface area contributed by atoms with Gasteiger partial charge in [0.15, 0.2) is 64.0 Å². The summed E-state index contributed by atoms with van der Waals surface area (Å²) in [7, 11) is 0. The molecule has 0 spiro atoms. The van der Waals surface area contributed by atoms with E-state index in [4.69, 9.17) is 33.2 Å². The van der Waals surface area contributed by atoms with Crippen LogP contribution in [0.25, 0.3) is 11.1 Å². The topological polar surface area (TPSA) is 450 Å². The van der Waals surface area contributed by atoms with Gasteiger partial charge in [-0.2, -0.15) is 0 Å². The number of phenolic OH excluding ortho intramolecular Hbond substituents is 11. The lowest BCUT2D eigenvalue weighted by molar-refractivity contribution is -0.339. The summed E-state index contributed by atoms with van der Waals surface area (Å²) in [6, 6.07) is 2.37. The molecule has 0 amide bonds. The number of aromatic hydroxyl groups is 11. The van der Waals surface area contributed by atoms with Crippen LogP contribution in [0.4, 0.5) is 0 Å². The molecule has 27 heteroatoms. The molecule has 1 saturated heterocycles. The predicted molar refractivity (Wildman–Crippen MR) is 204 cm³/mol. The molecule has 0 radical (unpaired) electrons. The average Bonchev–Trinajstić information content (AvgIpc) is 3.29. The van der Waals surface area contributed by atoms with Gasteiger partial charge in [-0.05, 0) is 36.4 Å². The van der Waals surface area contributed by atoms with Gasteiger partial charge in [0, 0.05) is 16.7 Å². The molecule has 0 saturated carbocycles. The second kappa shape index (κ2) is 14.8. The molecule has 1 fully saturated rings. The number of carbonyl (C=O) groups is 6. The lowest BCUT2D eigenvalue weighted by Gasteiger charge is -2.49. The van der Waals surface area contributed by atoms with E-state index in [0.29, 0.717) is 36.4 Å². The first-order valence-corrected chi connectivity index (χ1v) is 19.1. The number of ether oxygens (including phenoxy) is 7. The average molecular weight is 953 g/mol. The van der Waals surface area contributed by atoms with Crippen molar-refractivity contribution in [2.45, 2.75) is 48.2 Å². The van der Waals surface area contributed by atoms with Crippen LogP contribution >= 0.6 is 0 Å². The van der Waals surface area contributed by atoms with E-state index in [9.17, 15) is 100 Å². The third-order valence-corrected chi connectivity index (χ3v) is 11.5. The van der Waals surface area contributed by atoms with Crippen molar-refractivity contribution in [1.82, 2.24) is 0 Å². The normalized spacial score (nSPS) is 25.7. The summed E-state index contributed by atoms with van der Waals surface area (Å²) in [5.41, 5.74) is -8.21. The lowest BCUT2D eigenvalue weighted by atomic mass is 9.70. The first-order valence-electron chi connectivity index (χ1n) is 19.1. The number of carbonyl (C=O) groups excluding carboxylic acids is 6. The minimum atomic E-state index is -3.90. The Morgan fingerprint density at radius 3 is 1.63 bits per heavy atom. The van der Waals surface area contributed by atoms with Gasteiger partial charge in [-0.1, -0.05) is 0 Å². The molecule has 1 unspecified atom stereocenters. The Balaban J connectivity index is 1.26. The molecule has 354 valence electrons. The molecule has 4 aromatic carbocycles.